The summed E-state index contributed by atoms with van der Waals surface area (Å²) in [6.07, 6.45) is 0. The van der Waals surface area contributed by atoms with Gasteiger partial charge in [0, 0.05) is 35.9 Å². The van der Waals surface area contributed by atoms with Gasteiger partial charge < -0.3 is 13.6 Å². The van der Waals surface area contributed by atoms with E-state index < -0.39 is 0 Å². The second-order valence-electron chi connectivity index (χ2n) is 5.86. The van der Waals surface area contributed by atoms with Crippen molar-refractivity contribution < 1.29 is 4.42 Å². The van der Waals surface area contributed by atoms with Crippen LogP contribution in [0, 0.1) is 0 Å². The Morgan fingerprint density at radius 1 is 0.913 bits per heavy atom. The van der Waals surface area contributed by atoms with Gasteiger partial charge >= 0.3 is 0 Å². The van der Waals surface area contributed by atoms with E-state index in [0.29, 0.717) is 6.61 Å². The van der Waals surface area contributed by atoms with Gasteiger partial charge in [-0.1, -0.05) is 36.4 Å². The van der Waals surface area contributed by atoms with Crippen LogP contribution in [0.25, 0.3) is 33.2 Å². The van der Waals surface area contributed by atoms with Crippen LogP contribution in [0.3, 0.4) is 0 Å². The van der Waals surface area contributed by atoms with Crippen LogP contribution >= 0.6 is 0 Å². The van der Waals surface area contributed by atoms with E-state index in [1.165, 1.54) is 21.8 Å². The Hall–Kier alpha value is -2.81. The molecule has 3 heteroatoms. The number of carbonyl (C=O) groups excluding carboxylic acids is 1. The third-order valence-electron chi connectivity index (χ3n) is 4.63. The summed E-state index contributed by atoms with van der Waals surface area (Å²) in [6.45, 7) is 5.79. The Morgan fingerprint density at radius 3 is 2.35 bits per heavy atom. The first kappa shape index (κ1) is 13.8. The van der Waals surface area contributed by atoms with Crippen molar-refractivity contribution in [2.75, 3.05) is 0 Å². The van der Waals surface area contributed by atoms with E-state index in [9.17, 15) is 0 Å². The zero-order chi connectivity index (χ0) is 16.0. The summed E-state index contributed by atoms with van der Waals surface area (Å²) in [7, 11) is 4.19. The van der Waals surface area contributed by atoms with Crippen LogP contribution in [-0.2, 0) is 25.1 Å². The Kier molecular flexibility index (Phi) is 3.08. The minimum atomic E-state index is 0.387. The minimum absolute atomic E-state index is 0.387. The lowest BCUT2D eigenvalue weighted by Gasteiger charge is -2.08. The molecule has 2 aromatic carbocycles. The van der Waals surface area contributed by atoms with Crippen LogP contribution in [0.5, 0.6) is 0 Å². The molecule has 2 heterocycles. The fraction of sp³-hybridized carbons (Fsp3) is 0.150. The van der Waals surface area contributed by atoms with Crippen molar-refractivity contribution in [3.63, 3.8) is 0 Å². The molecule has 0 amide bonds. The summed E-state index contributed by atoms with van der Waals surface area (Å²) in [4.78, 5) is 0. The molecule has 0 N–H and O–H groups in total. The summed E-state index contributed by atoms with van der Waals surface area (Å²) < 4.78 is 9.45. The minimum Gasteiger partial charge on any atom is -0.455 e. The van der Waals surface area contributed by atoms with E-state index >= 15 is 0 Å². The molecule has 0 atom stereocenters. The number of fused-ring (bicyclic) bond motifs is 2. The van der Waals surface area contributed by atoms with E-state index in [4.69, 9.17) is 11.2 Å². The Morgan fingerprint density at radius 2 is 1.61 bits per heavy atom. The standard InChI is InChI=1S/C20H18N2O/c1-21-17-10-6-4-8-14(17)12-19(21)20-16(13-23-3)15-9-5-7-11-18(15)22(20)2/h3-12H,13H2,1-2H3. The van der Waals surface area contributed by atoms with Crippen LogP contribution in [-0.4, -0.2) is 15.9 Å². The van der Waals surface area contributed by atoms with Gasteiger partial charge in [0.15, 0.2) is 0 Å². The molecule has 4 rings (SSSR count). The average molecular weight is 302 g/mol. The predicted molar refractivity (Wildman–Crippen MR) is 95.3 cm³/mol. The molecule has 3 nitrogen and oxygen atoms in total. The molecule has 0 aliphatic heterocycles. The first-order valence-corrected chi connectivity index (χ1v) is 7.65. The molecule has 0 saturated heterocycles. The van der Waals surface area contributed by atoms with Gasteiger partial charge in [-0.25, -0.2) is 0 Å². The zero-order valence-electron chi connectivity index (χ0n) is 13.3. The molecular formula is C20H18N2O. The lowest BCUT2D eigenvalue weighted by atomic mass is 10.1. The molecule has 0 radical (unpaired) electrons. The highest BCUT2D eigenvalue weighted by molar-refractivity contribution is 5.94. The van der Waals surface area contributed by atoms with E-state index in [2.05, 4.69) is 71.8 Å². The van der Waals surface area contributed by atoms with E-state index in [1.807, 2.05) is 6.07 Å². The highest BCUT2D eigenvalue weighted by Gasteiger charge is 2.21. The van der Waals surface area contributed by atoms with Crippen molar-refractivity contribution in [2.24, 2.45) is 14.1 Å². The molecule has 0 spiro atoms. The van der Waals surface area contributed by atoms with Crippen molar-refractivity contribution in [1.82, 2.24) is 9.13 Å². The van der Waals surface area contributed by atoms with Crippen LogP contribution in [0.1, 0.15) is 5.56 Å². The molecule has 2 aromatic heterocycles. The number of aryl methyl sites for hydroxylation is 2. The second kappa shape index (κ2) is 5.13. The number of para-hydroxylation sites is 2. The van der Waals surface area contributed by atoms with E-state index in [1.54, 1.807) is 0 Å². The first-order chi connectivity index (χ1) is 11.2. The van der Waals surface area contributed by atoms with Crippen LogP contribution < -0.4 is 0 Å². The summed E-state index contributed by atoms with van der Waals surface area (Å²) in [5, 5.41) is 2.41. The average Bonchev–Trinajstić information content (AvgIpc) is 3.05. The number of benzene rings is 2. The maximum atomic E-state index is 5.40. The summed E-state index contributed by atoms with van der Waals surface area (Å²) in [5.74, 6) is 0. The normalized spacial score (nSPS) is 11.4. The quantitative estimate of drug-likeness (QED) is 0.308. The molecule has 114 valence electrons. The largest absolute Gasteiger partial charge is 0.455 e. The van der Waals surface area contributed by atoms with Gasteiger partial charge in [0.25, 0.3) is 0 Å². The molecule has 0 aliphatic carbocycles. The number of rotatable bonds is 3. The lowest BCUT2D eigenvalue weighted by Crippen LogP contribution is -1.99. The van der Waals surface area contributed by atoms with Crippen molar-refractivity contribution >= 4 is 28.6 Å². The highest BCUT2D eigenvalue weighted by Crippen LogP contribution is 2.35. The third kappa shape index (κ3) is 1.93. The smallest absolute Gasteiger partial charge is 0.246 e. The summed E-state index contributed by atoms with van der Waals surface area (Å²) >= 11 is 0. The molecule has 0 bridgehead atoms. The fourth-order valence-corrected chi connectivity index (χ4v) is 3.54. The number of aromatic nitrogens is 2. The molecular weight excluding hydrogens is 284 g/mol. The van der Waals surface area contributed by atoms with Gasteiger partial charge in [0.2, 0.25) is 6.61 Å². The molecule has 0 aliphatic rings. The number of nitrogens with zero attached hydrogens (tertiary/aromatic N) is 2. The highest BCUT2D eigenvalue weighted by atomic mass is 16.4. The van der Waals surface area contributed by atoms with Gasteiger partial charge in [0.1, 0.15) is 0 Å². The Labute approximate surface area is 135 Å². The van der Waals surface area contributed by atoms with Gasteiger partial charge in [-0.3, -0.25) is 0 Å². The summed E-state index contributed by atoms with van der Waals surface area (Å²) in [6, 6.07) is 19.0. The third-order valence-corrected chi connectivity index (χ3v) is 4.63. The van der Waals surface area contributed by atoms with Crippen LogP contribution in [0.4, 0.5) is 0 Å². The van der Waals surface area contributed by atoms with E-state index in [0.717, 1.165) is 17.0 Å². The van der Waals surface area contributed by atoms with Gasteiger partial charge in [-0.2, -0.15) is 0 Å². The lowest BCUT2D eigenvalue weighted by molar-refractivity contribution is 0.0992. The maximum Gasteiger partial charge on any atom is 0.246 e. The first-order valence-electron chi connectivity index (χ1n) is 7.65. The van der Waals surface area contributed by atoms with Crippen molar-refractivity contribution in [3.05, 3.63) is 60.2 Å². The van der Waals surface area contributed by atoms with Gasteiger partial charge in [-0.05, 0) is 25.0 Å². The van der Waals surface area contributed by atoms with Crippen molar-refractivity contribution in [2.45, 2.75) is 6.61 Å². The van der Waals surface area contributed by atoms with Gasteiger partial charge in [0.05, 0.1) is 17.0 Å². The number of hydrogen-bond donors (Lipinski definition) is 0. The van der Waals surface area contributed by atoms with Gasteiger partial charge in [-0.15, -0.1) is 0 Å². The van der Waals surface area contributed by atoms with E-state index in [-0.39, 0.29) is 0 Å². The molecule has 0 unspecified atom stereocenters. The SMILES string of the molecule is [CH-]=[O+]Cc1c(-c2cc3ccccc3n2C)n(C)c2ccccc12. The Balaban J connectivity index is 2.11. The summed E-state index contributed by atoms with van der Waals surface area (Å²) in [5.41, 5.74) is 5.83. The van der Waals surface area contributed by atoms with Crippen molar-refractivity contribution in [1.29, 1.82) is 0 Å². The fourth-order valence-electron chi connectivity index (χ4n) is 3.54. The number of hydrogen-bond acceptors (Lipinski definition) is 0. The maximum absolute atomic E-state index is 5.40. The molecule has 23 heavy (non-hydrogen) atoms. The van der Waals surface area contributed by atoms with Crippen LogP contribution in [0.15, 0.2) is 54.6 Å². The molecule has 0 saturated carbocycles. The molecule has 4 aromatic rings. The predicted octanol–water partition coefficient (Wildman–Crippen LogP) is 4.11. The van der Waals surface area contributed by atoms with Crippen molar-refractivity contribution in [3.8, 4) is 11.4 Å². The molecule has 0 fully saturated rings. The van der Waals surface area contributed by atoms with Crippen LogP contribution in [0.2, 0.25) is 0 Å². The zero-order valence-corrected chi connectivity index (χ0v) is 13.3. The topological polar surface area (TPSA) is 21.2 Å². The second-order valence-corrected chi connectivity index (χ2v) is 5.86. The monoisotopic (exact) mass is 302 g/mol. The Bertz CT molecular complexity index is 1040.